The van der Waals surface area contributed by atoms with E-state index < -0.39 is 0 Å². The van der Waals surface area contributed by atoms with Crippen molar-refractivity contribution in [3.63, 3.8) is 0 Å². The maximum absolute atomic E-state index is 12.6. The van der Waals surface area contributed by atoms with Gasteiger partial charge in [0.2, 0.25) is 0 Å². The Kier molecular flexibility index (Phi) is 4.51. The second-order valence-corrected chi connectivity index (χ2v) is 6.09. The topological polar surface area (TPSA) is 58.6 Å². The van der Waals surface area contributed by atoms with Gasteiger partial charge < -0.3 is 10.1 Å². The number of nitrogens with one attached hydrogen (secondary N) is 1. The standard InChI is InChI=1S/C19H17ClN2O3/c1-11-14(20)5-4-6-15(11)21-17-16(18(23)22(2)19(17)24)12-7-9-13(25-3)10-8-12/h4-10,21H,1-3H3. The van der Waals surface area contributed by atoms with E-state index in [-0.39, 0.29) is 17.5 Å². The van der Waals surface area contributed by atoms with Gasteiger partial charge in [-0.25, -0.2) is 0 Å². The van der Waals surface area contributed by atoms with E-state index in [1.807, 2.05) is 13.0 Å². The van der Waals surface area contributed by atoms with Gasteiger partial charge in [0.1, 0.15) is 11.4 Å². The maximum Gasteiger partial charge on any atom is 0.277 e. The number of nitrogens with zero attached hydrogens (tertiary/aromatic N) is 1. The van der Waals surface area contributed by atoms with E-state index in [0.29, 0.717) is 27.6 Å². The summed E-state index contributed by atoms with van der Waals surface area (Å²) in [6.45, 7) is 1.85. The molecule has 0 aliphatic carbocycles. The van der Waals surface area contributed by atoms with Gasteiger partial charge >= 0.3 is 0 Å². The minimum Gasteiger partial charge on any atom is -0.497 e. The molecule has 0 bridgehead atoms. The van der Waals surface area contributed by atoms with Crippen LogP contribution in [0.15, 0.2) is 48.2 Å². The van der Waals surface area contributed by atoms with Gasteiger partial charge in [0.25, 0.3) is 11.8 Å². The lowest BCUT2D eigenvalue weighted by molar-refractivity contribution is -0.135. The fraction of sp³-hybridized carbons (Fsp3) is 0.158. The minimum absolute atomic E-state index is 0.239. The van der Waals surface area contributed by atoms with Crippen molar-refractivity contribution in [3.8, 4) is 5.75 Å². The van der Waals surface area contributed by atoms with E-state index in [4.69, 9.17) is 16.3 Å². The SMILES string of the molecule is COc1ccc(C2=C(Nc3cccc(Cl)c3C)C(=O)N(C)C2=O)cc1. The van der Waals surface area contributed by atoms with Gasteiger partial charge in [-0.3, -0.25) is 14.5 Å². The van der Waals surface area contributed by atoms with Crippen molar-refractivity contribution < 1.29 is 14.3 Å². The number of ether oxygens (including phenoxy) is 1. The molecule has 128 valence electrons. The summed E-state index contributed by atoms with van der Waals surface area (Å²) < 4.78 is 5.14. The van der Waals surface area contributed by atoms with Crippen LogP contribution in [0.25, 0.3) is 5.57 Å². The van der Waals surface area contributed by atoms with E-state index in [2.05, 4.69) is 5.32 Å². The molecule has 0 unspecified atom stereocenters. The average molecular weight is 357 g/mol. The number of hydrogen-bond donors (Lipinski definition) is 1. The molecule has 25 heavy (non-hydrogen) atoms. The number of imide groups is 1. The summed E-state index contributed by atoms with van der Waals surface area (Å²) in [7, 11) is 3.04. The number of hydrogen-bond acceptors (Lipinski definition) is 4. The second-order valence-electron chi connectivity index (χ2n) is 5.69. The Hall–Kier alpha value is -2.79. The summed E-state index contributed by atoms with van der Waals surface area (Å²) in [6, 6.07) is 12.4. The van der Waals surface area contributed by atoms with E-state index in [1.54, 1.807) is 43.5 Å². The Morgan fingerprint density at radius 3 is 2.36 bits per heavy atom. The number of likely N-dealkylation sites (N-methyl/N-ethyl adjacent to an activating group) is 1. The third kappa shape index (κ3) is 2.98. The molecule has 2 amide bonds. The van der Waals surface area contributed by atoms with Gasteiger partial charge in [0.05, 0.1) is 12.7 Å². The molecule has 1 heterocycles. The summed E-state index contributed by atoms with van der Waals surface area (Å²) in [4.78, 5) is 26.2. The highest BCUT2D eigenvalue weighted by atomic mass is 35.5. The number of methoxy groups -OCH3 is 1. The van der Waals surface area contributed by atoms with Gasteiger partial charge in [-0.1, -0.05) is 29.8 Å². The molecule has 2 aromatic carbocycles. The first-order valence-electron chi connectivity index (χ1n) is 7.67. The molecule has 0 spiro atoms. The summed E-state index contributed by atoms with van der Waals surface area (Å²) in [5, 5.41) is 3.67. The highest BCUT2D eigenvalue weighted by Gasteiger charge is 2.37. The van der Waals surface area contributed by atoms with E-state index in [9.17, 15) is 9.59 Å². The van der Waals surface area contributed by atoms with E-state index in [1.165, 1.54) is 7.05 Å². The number of anilines is 1. The normalized spacial score (nSPS) is 14.3. The quantitative estimate of drug-likeness (QED) is 0.852. The van der Waals surface area contributed by atoms with Crippen molar-refractivity contribution in [1.29, 1.82) is 0 Å². The first-order valence-corrected chi connectivity index (χ1v) is 8.05. The maximum atomic E-state index is 12.6. The molecular weight excluding hydrogens is 340 g/mol. The number of carbonyl (C=O) groups excluding carboxylic acids is 2. The zero-order valence-corrected chi connectivity index (χ0v) is 14.8. The van der Waals surface area contributed by atoms with Crippen LogP contribution in [0, 0.1) is 6.92 Å². The van der Waals surface area contributed by atoms with Gasteiger partial charge in [-0.05, 0) is 42.3 Å². The molecule has 0 saturated carbocycles. The Morgan fingerprint density at radius 1 is 1.04 bits per heavy atom. The number of carbonyl (C=O) groups is 2. The second kappa shape index (κ2) is 6.61. The Morgan fingerprint density at radius 2 is 1.72 bits per heavy atom. The lowest BCUT2D eigenvalue weighted by atomic mass is 10.0. The van der Waals surface area contributed by atoms with Crippen molar-refractivity contribution in [1.82, 2.24) is 4.90 Å². The first-order chi connectivity index (χ1) is 11.9. The molecule has 0 fully saturated rings. The van der Waals surface area contributed by atoms with Crippen LogP contribution in [0.4, 0.5) is 5.69 Å². The fourth-order valence-electron chi connectivity index (χ4n) is 2.66. The van der Waals surface area contributed by atoms with Crippen molar-refractivity contribution >= 4 is 34.7 Å². The molecule has 5 nitrogen and oxygen atoms in total. The van der Waals surface area contributed by atoms with Gasteiger partial charge in [0, 0.05) is 17.8 Å². The molecule has 3 rings (SSSR count). The van der Waals surface area contributed by atoms with Crippen LogP contribution < -0.4 is 10.1 Å². The third-order valence-corrected chi connectivity index (χ3v) is 4.60. The van der Waals surface area contributed by atoms with Crippen molar-refractivity contribution in [2.24, 2.45) is 0 Å². The molecule has 1 aliphatic heterocycles. The monoisotopic (exact) mass is 356 g/mol. The number of halogens is 1. The number of benzene rings is 2. The van der Waals surface area contributed by atoms with Crippen LogP contribution in [-0.2, 0) is 9.59 Å². The van der Waals surface area contributed by atoms with Gasteiger partial charge in [-0.2, -0.15) is 0 Å². The molecule has 6 heteroatoms. The molecule has 0 atom stereocenters. The third-order valence-electron chi connectivity index (χ3n) is 4.19. The number of amides is 2. The average Bonchev–Trinajstić information content (AvgIpc) is 2.83. The van der Waals surface area contributed by atoms with Crippen LogP contribution in [0.2, 0.25) is 5.02 Å². The number of rotatable bonds is 4. The highest BCUT2D eigenvalue weighted by Crippen LogP contribution is 2.32. The fourth-order valence-corrected chi connectivity index (χ4v) is 2.84. The summed E-state index contributed by atoms with van der Waals surface area (Å²) in [6.07, 6.45) is 0. The molecule has 1 N–H and O–H groups in total. The summed E-state index contributed by atoms with van der Waals surface area (Å²) >= 11 is 6.15. The van der Waals surface area contributed by atoms with Gasteiger partial charge in [0.15, 0.2) is 0 Å². The first kappa shape index (κ1) is 17.0. The lowest BCUT2D eigenvalue weighted by Crippen LogP contribution is -2.28. The van der Waals surface area contributed by atoms with Crippen molar-refractivity contribution in [2.45, 2.75) is 6.92 Å². The minimum atomic E-state index is -0.379. The van der Waals surface area contributed by atoms with Crippen LogP contribution in [-0.4, -0.2) is 30.9 Å². The molecule has 1 aliphatic rings. The molecular formula is C19H17ClN2O3. The molecule has 2 aromatic rings. The van der Waals surface area contributed by atoms with Crippen LogP contribution in [0.5, 0.6) is 5.75 Å². The Balaban J connectivity index is 2.09. The summed E-state index contributed by atoms with van der Waals surface area (Å²) in [5.41, 5.74) is 2.70. The zero-order chi connectivity index (χ0) is 18.1. The highest BCUT2D eigenvalue weighted by molar-refractivity contribution is 6.36. The van der Waals surface area contributed by atoms with Gasteiger partial charge in [-0.15, -0.1) is 0 Å². The molecule has 0 aromatic heterocycles. The smallest absolute Gasteiger partial charge is 0.277 e. The Bertz CT molecular complexity index is 888. The van der Waals surface area contributed by atoms with Crippen molar-refractivity contribution in [3.05, 3.63) is 64.3 Å². The van der Waals surface area contributed by atoms with E-state index in [0.717, 1.165) is 10.5 Å². The van der Waals surface area contributed by atoms with Crippen molar-refractivity contribution in [2.75, 3.05) is 19.5 Å². The van der Waals surface area contributed by atoms with Crippen LogP contribution in [0.1, 0.15) is 11.1 Å². The summed E-state index contributed by atoms with van der Waals surface area (Å²) in [5.74, 6) is -0.0535. The molecule has 0 radical (unpaired) electrons. The lowest BCUT2D eigenvalue weighted by Gasteiger charge is -2.12. The van der Waals surface area contributed by atoms with Crippen LogP contribution in [0.3, 0.4) is 0 Å². The predicted octanol–water partition coefficient (Wildman–Crippen LogP) is 3.48. The zero-order valence-electron chi connectivity index (χ0n) is 14.1. The largest absolute Gasteiger partial charge is 0.497 e. The van der Waals surface area contributed by atoms with E-state index >= 15 is 0 Å². The van der Waals surface area contributed by atoms with Crippen LogP contribution >= 0.6 is 11.6 Å². The molecule has 0 saturated heterocycles. The predicted molar refractivity (Wildman–Crippen MR) is 97.5 cm³/mol. The Labute approximate surface area is 150 Å².